The van der Waals surface area contributed by atoms with Crippen LogP contribution in [0.2, 0.25) is 10.0 Å². The van der Waals surface area contributed by atoms with Gasteiger partial charge in [0.15, 0.2) is 12.7 Å². The highest BCUT2D eigenvalue weighted by molar-refractivity contribution is 6.31. The largest absolute Gasteiger partial charge is 0.484 e. The molecule has 1 aliphatic rings. The highest BCUT2D eigenvalue weighted by atomic mass is 35.5. The van der Waals surface area contributed by atoms with Crippen LogP contribution in [0.1, 0.15) is 17.0 Å². The first kappa shape index (κ1) is 29.5. The highest BCUT2D eigenvalue weighted by Crippen LogP contribution is 2.36. The van der Waals surface area contributed by atoms with Gasteiger partial charge in [-0.25, -0.2) is 4.39 Å². The molecule has 3 amide bonds. The highest BCUT2D eigenvalue weighted by Gasteiger charge is 2.35. The molecule has 0 bridgehead atoms. The smallest absolute Gasteiger partial charge is 0.297 e. The SMILES string of the molecule is C=C.O=C(COc1ccc(Cl)c(F)c1)NCCCNC(=O)C1CN(C(=O)c2ccno2)c2cc(Cl)ccc2O1. The molecule has 1 unspecified atom stereocenters. The van der Waals surface area contributed by atoms with Crippen LogP contribution in [0, 0.1) is 5.82 Å². The van der Waals surface area contributed by atoms with E-state index in [0.717, 1.165) is 6.07 Å². The number of hydrogen-bond acceptors (Lipinski definition) is 7. The number of carbonyl (C=O) groups is 3. The third-order valence-electron chi connectivity index (χ3n) is 5.25. The second-order valence-electron chi connectivity index (χ2n) is 7.87. The van der Waals surface area contributed by atoms with Gasteiger partial charge in [-0.3, -0.25) is 19.3 Å². The van der Waals surface area contributed by atoms with E-state index in [4.69, 9.17) is 37.2 Å². The van der Waals surface area contributed by atoms with Crippen molar-refractivity contribution >= 4 is 46.6 Å². The van der Waals surface area contributed by atoms with Gasteiger partial charge in [-0.15, -0.1) is 13.2 Å². The van der Waals surface area contributed by atoms with Gasteiger partial charge in [0.25, 0.3) is 17.7 Å². The van der Waals surface area contributed by atoms with E-state index >= 15 is 0 Å². The molecule has 0 saturated carbocycles. The minimum Gasteiger partial charge on any atom is -0.484 e. The Kier molecular flexibility index (Phi) is 10.7. The van der Waals surface area contributed by atoms with Crippen molar-refractivity contribution in [2.24, 2.45) is 0 Å². The summed E-state index contributed by atoms with van der Waals surface area (Å²) in [5.74, 6) is -1.48. The number of nitrogens with one attached hydrogen (secondary N) is 2. The Morgan fingerprint density at radius 2 is 1.87 bits per heavy atom. The Morgan fingerprint density at radius 3 is 2.59 bits per heavy atom. The Morgan fingerprint density at radius 1 is 1.10 bits per heavy atom. The van der Waals surface area contributed by atoms with E-state index in [1.165, 1.54) is 29.3 Å². The summed E-state index contributed by atoms with van der Waals surface area (Å²) in [6.07, 6.45) is 0.787. The molecule has 1 aliphatic heterocycles. The molecule has 0 aliphatic carbocycles. The summed E-state index contributed by atoms with van der Waals surface area (Å²) in [6, 6.07) is 10.0. The predicted octanol–water partition coefficient (Wildman–Crippen LogP) is 4.03. The second-order valence-corrected chi connectivity index (χ2v) is 8.71. The first-order valence-electron chi connectivity index (χ1n) is 11.6. The van der Waals surface area contributed by atoms with Crippen molar-refractivity contribution in [1.29, 1.82) is 0 Å². The lowest BCUT2D eigenvalue weighted by atomic mass is 10.1. The fourth-order valence-corrected chi connectivity index (χ4v) is 3.74. The van der Waals surface area contributed by atoms with Crippen LogP contribution in [-0.4, -0.2) is 55.2 Å². The minimum absolute atomic E-state index is 0.00732. The normalized spacial score (nSPS) is 13.7. The van der Waals surface area contributed by atoms with Gasteiger partial charge in [-0.2, -0.15) is 0 Å². The topological polar surface area (TPSA) is 123 Å². The summed E-state index contributed by atoms with van der Waals surface area (Å²) in [5.41, 5.74) is 0.407. The first-order chi connectivity index (χ1) is 18.8. The molecule has 0 saturated heterocycles. The monoisotopic (exact) mass is 578 g/mol. The van der Waals surface area contributed by atoms with E-state index in [1.54, 1.807) is 18.2 Å². The molecule has 2 heterocycles. The number of halogens is 3. The molecule has 2 aromatic carbocycles. The quantitative estimate of drug-likeness (QED) is 0.290. The minimum atomic E-state index is -0.983. The summed E-state index contributed by atoms with van der Waals surface area (Å²) in [5, 5.41) is 9.28. The van der Waals surface area contributed by atoms with Gasteiger partial charge in [0, 0.05) is 30.2 Å². The number of aromatic nitrogens is 1. The number of ether oxygens (including phenoxy) is 2. The zero-order valence-corrected chi connectivity index (χ0v) is 22.1. The fourth-order valence-electron chi connectivity index (χ4n) is 3.45. The van der Waals surface area contributed by atoms with Crippen molar-refractivity contribution in [2.75, 3.05) is 31.1 Å². The molecule has 0 radical (unpaired) electrons. The van der Waals surface area contributed by atoms with Gasteiger partial charge < -0.3 is 24.6 Å². The van der Waals surface area contributed by atoms with Crippen molar-refractivity contribution in [3.63, 3.8) is 0 Å². The maximum Gasteiger partial charge on any atom is 0.297 e. The molecular formula is C26H25Cl2FN4O6. The molecule has 1 aromatic heterocycles. The summed E-state index contributed by atoms with van der Waals surface area (Å²) in [4.78, 5) is 39.0. The molecule has 2 N–H and O–H groups in total. The van der Waals surface area contributed by atoms with Crippen LogP contribution >= 0.6 is 23.2 Å². The Hall–Kier alpha value is -4.09. The van der Waals surface area contributed by atoms with Crippen LogP contribution in [0.25, 0.3) is 0 Å². The lowest BCUT2D eigenvalue weighted by molar-refractivity contribution is -0.127. The first-order valence-corrected chi connectivity index (χ1v) is 12.4. The number of hydrogen-bond donors (Lipinski definition) is 2. The van der Waals surface area contributed by atoms with E-state index in [9.17, 15) is 18.8 Å². The van der Waals surface area contributed by atoms with E-state index in [2.05, 4.69) is 28.9 Å². The zero-order chi connectivity index (χ0) is 28.4. The molecule has 0 fully saturated rings. The molecule has 4 rings (SSSR count). The fraction of sp³-hybridized carbons (Fsp3) is 0.231. The van der Waals surface area contributed by atoms with Crippen LogP contribution in [0.5, 0.6) is 11.5 Å². The average Bonchev–Trinajstić information content (AvgIpc) is 3.49. The Bertz CT molecular complexity index is 1310. The molecule has 3 aromatic rings. The molecule has 0 spiro atoms. The van der Waals surface area contributed by atoms with Crippen molar-refractivity contribution in [1.82, 2.24) is 15.8 Å². The molecule has 39 heavy (non-hydrogen) atoms. The van der Waals surface area contributed by atoms with Crippen LogP contribution in [0.15, 0.2) is 66.3 Å². The van der Waals surface area contributed by atoms with Gasteiger partial charge in [0.1, 0.15) is 17.3 Å². The molecule has 10 nitrogen and oxygen atoms in total. The van der Waals surface area contributed by atoms with Gasteiger partial charge in [-0.05, 0) is 36.8 Å². The van der Waals surface area contributed by atoms with Crippen molar-refractivity contribution in [3.05, 3.63) is 83.4 Å². The third kappa shape index (κ3) is 7.95. The number of carbonyl (C=O) groups excluding carboxylic acids is 3. The van der Waals surface area contributed by atoms with Crippen molar-refractivity contribution in [2.45, 2.75) is 12.5 Å². The van der Waals surface area contributed by atoms with Crippen LogP contribution < -0.4 is 25.0 Å². The summed E-state index contributed by atoms with van der Waals surface area (Å²) < 4.78 is 29.4. The molecule has 206 valence electrons. The summed E-state index contributed by atoms with van der Waals surface area (Å²) in [7, 11) is 0. The van der Waals surface area contributed by atoms with Crippen molar-refractivity contribution < 1.29 is 32.8 Å². The van der Waals surface area contributed by atoms with E-state index in [-0.39, 0.29) is 42.8 Å². The number of nitrogens with zero attached hydrogens (tertiary/aromatic N) is 2. The Labute approximate surface area is 233 Å². The number of amides is 3. The maximum absolute atomic E-state index is 13.4. The van der Waals surface area contributed by atoms with Gasteiger partial charge in [-0.1, -0.05) is 28.4 Å². The molecular weight excluding hydrogens is 554 g/mol. The van der Waals surface area contributed by atoms with Crippen molar-refractivity contribution in [3.8, 4) is 11.5 Å². The summed E-state index contributed by atoms with van der Waals surface area (Å²) >= 11 is 11.7. The molecule has 13 heteroatoms. The predicted molar refractivity (Wildman–Crippen MR) is 143 cm³/mol. The standard InChI is InChI=1S/C24H21Cl2FN4O6.C2H4/c25-14-2-5-19-18(10-14)31(24(34)20-6-9-30-37-20)12-21(36-19)23(33)29-8-1-7-28-22(32)13-35-15-3-4-16(26)17(27)11-15;1-2/h2-6,9-11,21H,1,7-8,12-13H2,(H,28,32)(H,29,33);1-2H2. The maximum atomic E-state index is 13.4. The van der Waals surface area contributed by atoms with Crippen LogP contribution in [0.3, 0.4) is 0 Å². The number of rotatable bonds is 9. The van der Waals surface area contributed by atoms with Gasteiger partial charge in [0.2, 0.25) is 5.76 Å². The second kappa shape index (κ2) is 14.2. The average molecular weight is 579 g/mol. The van der Waals surface area contributed by atoms with Gasteiger partial charge >= 0.3 is 0 Å². The lowest BCUT2D eigenvalue weighted by Crippen LogP contribution is -2.51. The lowest BCUT2D eigenvalue weighted by Gasteiger charge is -2.33. The van der Waals surface area contributed by atoms with E-state index in [1.807, 2.05) is 0 Å². The number of fused-ring (bicyclic) bond motifs is 1. The van der Waals surface area contributed by atoms with E-state index < -0.39 is 29.6 Å². The van der Waals surface area contributed by atoms with Crippen LogP contribution in [0.4, 0.5) is 10.1 Å². The van der Waals surface area contributed by atoms with Gasteiger partial charge in [0.05, 0.1) is 23.5 Å². The zero-order valence-electron chi connectivity index (χ0n) is 20.6. The van der Waals surface area contributed by atoms with E-state index in [0.29, 0.717) is 22.9 Å². The number of benzene rings is 2. The number of anilines is 1. The summed E-state index contributed by atoms with van der Waals surface area (Å²) in [6.45, 7) is 6.13. The molecule has 1 atom stereocenters. The van der Waals surface area contributed by atoms with Crippen LogP contribution in [-0.2, 0) is 9.59 Å². The third-order valence-corrected chi connectivity index (χ3v) is 5.79. The Balaban J connectivity index is 0.00000205.